The zero-order valence-electron chi connectivity index (χ0n) is 18.3. The second-order valence-electron chi connectivity index (χ2n) is 9.86. The van der Waals surface area contributed by atoms with E-state index in [0.717, 1.165) is 35.5 Å². The molecule has 0 N–H and O–H groups in total. The minimum Gasteiger partial charge on any atom is -0.0651 e. The fourth-order valence-corrected chi connectivity index (χ4v) is 5.65. The molecular formula is C24H48. The summed E-state index contributed by atoms with van der Waals surface area (Å²) >= 11 is 0. The fourth-order valence-electron chi connectivity index (χ4n) is 5.65. The van der Waals surface area contributed by atoms with E-state index >= 15 is 0 Å². The van der Waals surface area contributed by atoms with Crippen LogP contribution in [0.4, 0.5) is 0 Å². The highest BCUT2D eigenvalue weighted by atomic mass is 14.5. The van der Waals surface area contributed by atoms with Gasteiger partial charge in [-0.1, -0.05) is 87.5 Å². The monoisotopic (exact) mass is 336 g/mol. The fraction of sp³-hybridized carbons (Fsp3) is 1.00. The van der Waals surface area contributed by atoms with Crippen molar-refractivity contribution in [3.05, 3.63) is 0 Å². The summed E-state index contributed by atoms with van der Waals surface area (Å²) in [5, 5.41) is 0. The Morgan fingerprint density at radius 3 is 1.88 bits per heavy atom. The average Bonchev–Trinajstić information content (AvgIpc) is 2.56. The van der Waals surface area contributed by atoms with Crippen molar-refractivity contribution in [1.29, 1.82) is 0 Å². The first-order chi connectivity index (χ1) is 11.3. The lowest BCUT2D eigenvalue weighted by atomic mass is 9.56. The summed E-state index contributed by atoms with van der Waals surface area (Å²) < 4.78 is 0. The average molecular weight is 337 g/mol. The Labute approximate surface area is 154 Å². The quantitative estimate of drug-likeness (QED) is 0.336. The van der Waals surface area contributed by atoms with Gasteiger partial charge in [-0.05, 0) is 66.6 Å². The van der Waals surface area contributed by atoms with Gasteiger partial charge in [0.2, 0.25) is 0 Å². The molecule has 1 aliphatic rings. The smallest absolute Gasteiger partial charge is 0.0295 e. The topological polar surface area (TPSA) is 0 Å². The van der Waals surface area contributed by atoms with Crippen LogP contribution in [0.25, 0.3) is 0 Å². The summed E-state index contributed by atoms with van der Waals surface area (Å²) in [5.74, 6) is 5.52. The highest BCUT2D eigenvalue weighted by Gasteiger charge is 2.42. The Morgan fingerprint density at radius 2 is 1.46 bits per heavy atom. The maximum Gasteiger partial charge on any atom is -0.0295 e. The van der Waals surface area contributed by atoms with Gasteiger partial charge < -0.3 is 0 Å². The van der Waals surface area contributed by atoms with Crippen molar-refractivity contribution in [2.24, 2.45) is 40.9 Å². The van der Waals surface area contributed by atoms with E-state index in [1.165, 1.54) is 57.8 Å². The van der Waals surface area contributed by atoms with E-state index in [1.54, 1.807) is 0 Å². The Bertz CT molecular complexity index is 323. The van der Waals surface area contributed by atoms with Crippen LogP contribution in [-0.4, -0.2) is 0 Å². The van der Waals surface area contributed by atoms with Gasteiger partial charge in [-0.25, -0.2) is 0 Å². The Balaban J connectivity index is 2.45. The van der Waals surface area contributed by atoms with E-state index < -0.39 is 0 Å². The molecule has 6 unspecified atom stereocenters. The SMILES string of the molecule is CCC(C)CC1(C)CCC1CCCC(C)C(C(C)CC)C(C)CC. The van der Waals surface area contributed by atoms with Crippen LogP contribution in [0, 0.1) is 40.9 Å². The van der Waals surface area contributed by atoms with Gasteiger partial charge in [-0.15, -0.1) is 0 Å². The van der Waals surface area contributed by atoms with Crippen LogP contribution in [0.1, 0.15) is 113 Å². The first-order valence-corrected chi connectivity index (χ1v) is 11.3. The zero-order valence-corrected chi connectivity index (χ0v) is 18.3. The zero-order chi connectivity index (χ0) is 18.3. The molecule has 0 bridgehead atoms. The lowest BCUT2D eigenvalue weighted by Gasteiger charge is -2.49. The van der Waals surface area contributed by atoms with E-state index in [4.69, 9.17) is 0 Å². The minimum atomic E-state index is 0.672. The molecule has 6 atom stereocenters. The third-order valence-electron chi connectivity index (χ3n) is 8.03. The normalized spacial score (nSPS) is 30.2. The van der Waals surface area contributed by atoms with Crippen molar-refractivity contribution in [3.63, 3.8) is 0 Å². The molecule has 1 saturated carbocycles. The second kappa shape index (κ2) is 10.2. The minimum absolute atomic E-state index is 0.672. The van der Waals surface area contributed by atoms with E-state index in [-0.39, 0.29) is 0 Å². The molecule has 0 radical (unpaired) electrons. The standard InChI is InChI=1S/C24H48/c1-9-18(4)17-24(8)16-15-22(24)14-12-13-21(7)23(19(5)10-2)20(6)11-3/h18-23H,9-17H2,1-8H3. The first-order valence-electron chi connectivity index (χ1n) is 11.3. The molecule has 0 amide bonds. The van der Waals surface area contributed by atoms with Gasteiger partial charge in [-0.2, -0.15) is 0 Å². The summed E-state index contributed by atoms with van der Waals surface area (Å²) in [6.07, 6.45) is 12.9. The molecule has 0 saturated heterocycles. The van der Waals surface area contributed by atoms with Crippen molar-refractivity contribution in [1.82, 2.24) is 0 Å². The lowest BCUT2D eigenvalue weighted by molar-refractivity contribution is 0.0150. The number of rotatable bonds is 12. The van der Waals surface area contributed by atoms with Crippen LogP contribution in [0.2, 0.25) is 0 Å². The van der Waals surface area contributed by atoms with Crippen LogP contribution >= 0.6 is 0 Å². The van der Waals surface area contributed by atoms with Crippen molar-refractivity contribution in [3.8, 4) is 0 Å². The third kappa shape index (κ3) is 5.77. The van der Waals surface area contributed by atoms with Crippen LogP contribution in [0.5, 0.6) is 0 Å². The van der Waals surface area contributed by atoms with E-state index in [0.29, 0.717) is 5.41 Å². The van der Waals surface area contributed by atoms with Gasteiger partial charge in [0.25, 0.3) is 0 Å². The molecule has 0 aromatic rings. The molecule has 0 spiro atoms. The highest BCUT2D eigenvalue weighted by molar-refractivity contribution is 4.93. The molecule has 0 nitrogen and oxygen atoms in total. The molecule has 0 aliphatic heterocycles. The second-order valence-corrected chi connectivity index (χ2v) is 9.86. The molecular weight excluding hydrogens is 288 g/mol. The van der Waals surface area contributed by atoms with Crippen molar-refractivity contribution >= 4 is 0 Å². The molecule has 0 heterocycles. The van der Waals surface area contributed by atoms with Crippen LogP contribution in [-0.2, 0) is 0 Å². The predicted molar refractivity (Wildman–Crippen MR) is 110 cm³/mol. The molecule has 0 heteroatoms. The van der Waals surface area contributed by atoms with Crippen LogP contribution in [0.3, 0.4) is 0 Å². The van der Waals surface area contributed by atoms with Gasteiger partial charge >= 0.3 is 0 Å². The molecule has 1 rings (SSSR count). The summed E-state index contributed by atoms with van der Waals surface area (Å²) in [6.45, 7) is 19.7. The Hall–Kier alpha value is 0. The molecule has 0 aromatic carbocycles. The van der Waals surface area contributed by atoms with Crippen molar-refractivity contribution in [2.75, 3.05) is 0 Å². The summed E-state index contributed by atoms with van der Waals surface area (Å²) in [4.78, 5) is 0. The lowest BCUT2D eigenvalue weighted by Crippen LogP contribution is -2.39. The molecule has 1 fully saturated rings. The maximum absolute atomic E-state index is 2.58. The van der Waals surface area contributed by atoms with Crippen LogP contribution in [0.15, 0.2) is 0 Å². The van der Waals surface area contributed by atoms with Gasteiger partial charge in [0, 0.05) is 0 Å². The maximum atomic E-state index is 2.58. The summed E-state index contributed by atoms with van der Waals surface area (Å²) in [7, 11) is 0. The molecule has 144 valence electrons. The van der Waals surface area contributed by atoms with E-state index in [2.05, 4.69) is 55.4 Å². The Morgan fingerprint density at radius 1 is 0.875 bits per heavy atom. The molecule has 1 aliphatic carbocycles. The van der Waals surface area contributed by atoms with Gasteiger partial charge in [0.15, 0.2) is 0 Å². The largest absolute Gasteiger partial charge is 0.0651 e. The highest BCUT2D eigenvalue weighted by Crippen LogP contribution is 2.53. The molecule has 24 heavy (non-hydrogen) atoms. The first kappa shape index (κ1) is 22.0. The van der Waals surface area contributed by atoms with Gasteiger partial charge in [-0.3, -0.25) is 0 Å². The van der Waals surface area contributed by atoms with Crippen LogP contribution < -0.4 is 0 Å². The van der Waals surface area contributed by atoms with E-state index in [9.17, 15) is 0 Å². The Kier molecular flexibility index (Phi) is 9.39. The predicted octanol–water partition coefficient (Wildman–Crippen LogP) is 8.35. The van der Waals surface area contributed by atoms with Crippen molar-refractivity contribution < 1.29 is 0 Å². The van der Waals surface area contributed by atoms with Gasteiger partial charge in [0.05, 0.1) is 0 Å². The summed E-state index contributed by atoms with van der Waals surface area (Å²) in [5.41, 5.74) is 0.672. The van der Waals surface area contributed by atoms with Crippen molar-refractivity contribution in [2.45, 2.75) is 113 Å². The molecule has 0 aromatic heterocycles. The third-order valence-corrected chi connectivity index (χ3v) is 8.03. The van der Waals surface area contributed by atoms with Gasteiger partial charge in [0.1, 0.15) is 0 Å². The number of hydrogen-bond acceptors (Lipinski definition) is 0. The van der Waals surface area contributed by atoms with E-state index in [1.807, 2.05) is 0 Å². The summed E-state index contributed by atoms with van der Waals surface area (Å²) in [6, 6.07) is 0. The number of hydrogen-bond donors (Lipinski definition) is 0.